The highest BCUT2D eigenvalue weighted by molar-refractivity contribution is 5.46. The minimum atomic E-state index is -2.90. The van der Waals surface area contributed by atoms with Crippen molar-refractivity contribution in [2.45, 2.75) is 20.1 Å². The Balaban J connectivity index is 3.01. The maximum atomic E-state index is 12.0. The molecular weight excluding hydrogens is 206 g/mol. The molecule has 0 radical (unpaired) electrons. The molecule has 0 atom stereocenters. The molecule has 1 rings (SSSR count). The number of benzene rings is 1. The smallest absolute Gasteiger partial charge is 0.387 e. The SMILES string of the molecule is CCOc1c(CO)cccc1OC(F)F. The summed E-state index contributed by atoms with van der Waals surface area (Å²) in [4.78, 5) is 0. The number of hydrogen-bond donors (Lipinski definition) is 1. The van der Waals surface area contributed by atoms with E-state index in [9.17, 15) is 8.78 Å². The summed E-state index contributed by atoms with van der Waals surface area (Å²) < 4.78 is 33.5. The first-order valence-corrected chi connectivity index (χ1v) is 4.49. The lowest BCUT2D eigenvalue weighted by Gasteiger charge is -2.13. The van der Waals surface area contributed by atoms with Crippen LogP contribution in [0.1, 0.15) is 12.5 Å². The lowest BCUT2D eigenvalue weighted by atomic mass is 10.2. The summed E-state index contributed by atoms with van der Waals surface area (Å²) in [7, 11) is 0. The van der Waals surface area contributed by atoms with Crippen molar-refractivity contribution in [1.82, 2.24) is 0 Å². The Hall–Kier alpha value is -1.36. The second-order valence-electron chi connectivity index (χ2n) is 2.71. The van der Waals surface area contributed by atoms with Crippen molar-refractivity contribution in [3.05, 3.63) is 23.8 Å². The van der Waals surface area contributed by atoms with Gasteiger partial charge in [-0.2, -0.15) is 8.78 Å². The summed E-state index contributed by atoms with van der Waals surface area (Å²) in [5.74, 6) is 0.112. The van der Waals surface area contributed by atoms with E-state index in [1.54, 1.807) is 13.0 Å². The molecule has 1 N–H and O–H groups in total. The number of aliphatic hydroxyl groups excluding tert-OH is 1. The van der Waals surface area contributed by atoms with E-state index in [4.69, 9.17) is 9.84 Å². The van der Waals surface area contributed by atoms with Crippen molar-refractivity contribution < 1.29 is 23.4 Å². The number of halogens is 2. The Morgan fingerprint density at radius 2 is 2.13 bits per heavy atom. The van der Waals surface area contributed by atoms with Gasteiger partial charge in [0.05, 0.1) is 13.2 Å². The van der Waals surface area contributed by atoms with Crippen LogP contribution in [0.25, 0.3) is 0 Å². The molecule has 0 heterocycles. The molecule has 1 aromatic carbocycles. The zero-order valence-corrected chi connectivity index (χ0v) is 8.24. The van der Waals surface area contributed by atoms with E-state index in [1.807, 2.05) is 0 Å². The molecule has 0 aliphatic rings. The van der Waals surface area contributed by atoms with Gasteiger partial charge >= 0.3 is 6.61 Å². The van der Waals surface area contributed by atoms with Gasteiger partial charge in [0.1, 0.15) is 0 Å². The number of ether oxygens (including phenoxy) is 2. The minimum absolute atomic E-state index is 0.0570. The number of alkyl halides is 2. The van der Waals surface area contributed by atoms with Gasteiger partial charge in [-0.3, -0.25) is 0 Å². The van der Waals surface area contributed by atoms with Crippen molar-refractivity contribution in [3.63, 3.8) is 0 Å². The van der Waals surface area contributed by atoms with E-state index in [0.29, 0.717) is 12.2 Å². The summed E-state index contributed by atoms with van der Waals surface area (Å²) in [5.41, 5.74) is 0.426. The molecular formula is C10H12F2O3. The van der Waals surface area contributed by atoms with Gasteiger partial charge in [-0.1, -0.05) is 12.1 Å². The average Bonchev–Trinajstić information content (AvgIpc) is 2.20. The molecule has 3 nitrogen and oxygen atoms in total. The third-order valence-electron chi connectivity index (χ3n) is 1.74. The Morgan fingerprint density at radius 1 is 1.40 bits per heavy atom. The normalized spacial score (nSPS) is 10.5. The highest BCUT2D eigenvalue weighted by atomic mass is 19.3. The number of hydrogen-bond acceptors (Lipinski definition) is 3. The molecule has 0 aliphatic carbocycles. The van der Waals surface area contributed by atoms with E-state index in [1.165, 1.54) is 12.1 Å². The van der Waals surface area contributed by atoms with Gasteiger partial charge < -0.3 is 14.6 Å². The van der Waals surface area contributed by atoms with Crippen LogP contribution < -0.4 is 9.47 Å². The van der Waals surface area contributed by atoms with Crippen molar-refractivity contribution in [2.75, 3.05) is 6.61 Å². The van der Waals surface area contributed by atoms with E-state index in [2.05, 4.69) is 4.74 Å². The fourth-order valence-electron chi connectivity index (χ4n) is 1.18. The molecule has 0 aliphatic heterocycles. The topological polar surface area (TPSA) is 38.7 Å². The Bertz CT molecular complexity index is 316. The zero-order valence-electron chi connectivity index (χ0n) is 8.24. The fraction of sp³-hybridized carbons (Fsp3) is 0.400. The highest BCUT2D eigenvalue weighted by Crippen LogP contribution is 2.32. The minimum Gasteiger partial charge on any atom is -0.490 e. The fourth-order valence-corrected chi connectivity index (χ4v) is 1.18. The molecule has 15 heavy (non-hydrogen) atoms. The van der Waals surface area contributed by atoms with Crippen LogP contribution >= 0.6 is 0 Å². The van der Waals surface area contributed by atoms with Gasteiger partial charge in [0.25, 0.3) is 0 Å². The Kier molecular flexibility index (Phi) is 4.30. The second-order valence-corrected chi connectivity index (χ2v) is 2.71. The van der Waals surface area contributed by atoms with Crippen molar-refractivity contribution in [3.8, 4) is 11.5 Å². The molecule has 0 saturated carbocycles. The summed E-state index contributed by atoms with van der Waals surface area (Å²) in [6.45, 7) is -1.15. The first-order valence-electron chi connectivity index (χ1n) is 4.49. The maximum absolute atomic E-state index is 12.0. The standard InChI is InChI=1S/C10H12F2O3/c1-2-14-9-7(6-13)4-3-5-8(9)15-10(11)12/h3-5,10,13H,2,6H2,1H3. The van der Waals surface area contributed by atoms with Gasteiger partial charge in [0, 0.05) is 5.56 Å². The lowest BCUT2D eigenvalue weighted by Crippen LogP contribution is -2.06. The molecule has 0 aromatic heterocycles. The molecule has 0 fully saturated rings. The van der Waals surface area contributed by atoms with Crippen LogP contribution in [-0.4, -0.2) is 18.3 Å². The van der Waals surface area contributed by atoms with E-state index >= 15 is 0 Å². The highest BCUT2D eigenvalue weighted by Gasteiger charge is 2.13. The summed E-state index contributed by atoms with van der Waals surface area (Å²) >= 11 is 0. The van der Waals surface area contributed by atoms with E-state index in [-0.39, 0.29) is 18.1 Å². The van der Waals surface area contributed by atoms with Gasteiger partial charge in [0.15, 0.2) is 11.5 Å². The van der Waals surface area contributed by atoms with Gasteiger partial charge in [-0.25, -0.2) is 0 Å². The average molecular weight is 218 g/mol. The summed E-state index contributed by atoms with van der Waals surface area (Å²) in [6, 6.07) is 4.48. The third-order valence-corrected chi connectivity index (χ3v) is 1.74. The Morgan fingerprint density at radius 3 is 2.67 bits per heavy atom. The number of aliphatic hydroxyl groups is 1. The van der Waals surface area contributed by atoms with Crippen LogP contribution in [0, 0.1) is 0 Å². The van der Waals surface area contributed by atoms with Crippen LogP contribution in [0.3, 0.4) is 0 Å². The number of para-hydroxylation sites is 1. The quantitative estimate of drug-likeness (QED) is 0.823. The molecule has 5 heteroatoms. The van der Waals surface area contributed by atoms with Crippen LogP contribution in [0.5, 0.6) is 11.5 Å². The zero-order chi connectivity index (χ0) is 11.3. The monoisotopic (exact) mass is 218 g/mol. The second kappa shape index (κ2) is 5.50. The van der Waals surface area contributed by atoms with Gasteiger partial charge in [-0.15, -0.1) is 0 Å². The predicted octanol–water partition coefficient (Wildman–Crippen LogP) is 2.18. The summed E-state index contributed by atoms with van der Waals surface area (Å²) in [6.07, 6.45) is 0. The predicted molar refractivity (Wildman–Crippen MR) is 50.2 cm³/mol. The van der Waals surface area contributed by atoms with Crippen molar-refractivity contribution in [1.29, 1.82) is 0 Å². The van der Waals surface area contributed by atoms with Crippen LogP contribution in [0.2, 0.25) is 0 Å². The van der Waals surface area contributed by atoms with Crippen LogP contribution in [0.15, 0.2) is 18.2 Å². The third kappa shape index (κ3) is 3.06. The first-order chi connectivity index (χ1) is 7.19. The Labute approximate surface area is 86.2 Å². The van der Waals surface area contributed by atoms with E-state index < -0.39 is 6.61 Å². The van der Waals surface area contributed by atoms with Crippen LogP contribution in [0.4, 0.5) is 8.78 Å². The molecule has 0 unspecified atom stereocenters. The molecule has 0 amide bonds. The first kappa shape index (κ1) is 11.7. The van der Waals surface area contributed by atoms with Gasteiger partial charge in [0.2, 0.25) is 0 Å². The van der Waals surface area contributed by atoms with Crippen molar-refractivity contribution >= 4 is 0 Å². The van der Waals surface area contributed by atoms with E-state index in [0.717, 1.165) is 0 Å². The maximum Gasteiger partial charge on any atom is 0.387 e. The molecule has 0 spiro atoms. The molecule has 1 aromatic rings. The molecule has 0 saturated heterocycles. The lowest BCUT2D eigenvalue weighted by molar-refractivity contribution is -0.0515. The van der Waals surface area contributed by atoms with Crippen LogP contribution in [-0.2, 0) is 6.61 Å². The number of rotatable bonds is 5. The molecule has 0 bridgehead atoms. The van der Waals surface area contributed by atoms with Gasteiger partial charge in [-0.05, 0) is 13.0 Å². The van der Waals surface area contributed by atoms with Crippen molar-refractivity contribution in [2.24, 2.45) is 0 Å². The largest absolute Gasteiger partial charge is 0.490 e. The summed E-state index contributed by atoms with van der Waals surface area (Å²) in [5, 5.41) is 8.98. The molecule has 84 valence electrons.